The molecule has 124 valence electrons. The van der Waals surface area contributed by atoms with Crippen molar-refractivity contribution in [2.45, 2.75) is 12.2 Å². The molecule has 0 aromatic heterocycles. The van der Waals surface area contributed by atoms with Gasteiger partial charge in [-0.15, -0.1) is 0 Å². The Bertz CT molecular complexity index is 669. The fourth-order valence-electron chi connectivity index (χ4n) is 1.80. The Morgan fingerprint density at radius 1 is 1.22 bits per heavy atom. The van der Waals surface area contributed by atoms with Crippen LogP contribution in [0.25, 0.3) is 0 Å². The van der Waals surface area contributed by atoms with Gasteiger partial charge < -0.3 is 40.1 Å². The zero-order chi connectivity index (χ0) is 17.3. The van der Waals surface area contributed by atoms with E-state index in [4.69, 9.17) is 9.84 Å². The summed E-state index contributed by atoms with van der Waals surface area (Å²) in [4.78, 5) is 23.2. The number of carbonyl (C=O) groups is 2. The van der Waals surface area contributed by atoms with Crippen LogP contribution in [0.15, 0.2) is 23.7 Å². The summed E-state index contributed by atoms with van der Waals surface area (Å²) in [6, 6.07) is 1.54. The number of cyclic esters (lactones) is 1. The third-order valence-corrected chi connectivity index (χ3v) is 2.96. The Balaban J connectivity index is 2.29. The Hall–Kier alpha value is -2.98. The van der Waals surface area contributed by atoms with Crippen molar-refractivity contribution in [1.29, 1.82) is 0 Å². The van der Waals surface area contributed by atoms with E-state index in [0.29, 0.717) is 0 Å². The quantitative estimate of drug-likeness (QED) is 0.297. The maximum absolute atomic E-state index is 11.9. The van der Waals surface area contributed by atoms with Gasteiger partial charge in [0, 0.05) is 0 Å². The second-order valence-electron chi connectivity index (χ2n) is 4.54. The van der Waals surface area contributed by atoms with Crippen molar-refractivity contribution in [3.05, 3.63) is 29.2 Å². The first-order chi connectivity index (χ1) is 10.8. The fraction of sp³-hybridized carbons (Fsp3) is 0.231. The van der Waals surface area contributed by atoms with Crippen LogP contribution in [0.3, 0.4) is 0 Å². The Kier molecular flexibility index (Phi) is 4.29. The number of ether oxygens (including phenoxy) is 2. The van der Waals surface area contributed by atoms with Crippen molar-refractivity contribution >= 4 is 11.9 Å². The van der Waals surface area contributed by atoms with Gasteiger partial charge in [0.05, 0.1) is 12.2 Å². The molecule has 10 heteroatoms. The van der Waals surface area contributed by atoms with Crippen LogP contribution in [0.1, 0.15) is 10.4 Å². The molecule has 0 fully saturated rings. The van der Waals surface area contributed by atoms with Crippen molar-refractivity contribution in [2.75, 3.05) is 6.61 Å². The summed E-state index contributed by atoms with van der Waals surface area (Å²) in [5.41, 5.74) is -0.422. The molecule has 0 radical (unpaired) electrons. The van der Waals surface area contributed by atoms with Gasteiger partial charge in [0.1, 0.15) is 6.10 Å². The minimum Gasteiger partial charge on any atom is -0.504 e. The first-order valence-corrected chi connectivity index (χ1v) is 6.16. The van der Waals surface area contributed by atoms with E-state index in [2.05, 4.69) is 4.74 Å². The average Bonchev–Trinajstić information content (AvgIpc) is 2.79. The van der Waals surface area contributed by atoms with Crippen molar-refractivity contribution in [3.8, 4) is 17.2 Å². The molecule has 23 heavy (non-hydrogen) atoms. The van der Waals surface area contributed by atoms with Gasteiger partial charge >= 0.3 is 11.9 Å². The largest absolute Gasteiger partial charge is 0.504 e. The number of aromatic hydroxyl groups is 3. The monoisotopic (exact) mass is 328 g/mol. The van der Waals surface area contributed by atoms with Crippen LogP contribution >= 0.6 is 0 Å². The predicted molar refractivity (Wildman–Crippen MR) is 69.5 cm³/mol. The van der Waals surface area contributed by atoms with Crippen LogP contribution < -0.4 is 0 Å². The summed E-state index contributed by atoms with van der Waals surface area (Å²) in [7, 11) is 0. The Morgan fingerprint density at radius 3 is 2.30 bits per heavy atom. The number of phenolic OH excluding ortho intramolecular Hbond substituents is 3. The third kappa shape index (κ3) is 2.98. The first kappa shape index (κ1) is 16.4. The molecule has 0 spiro atoms. The van der Waals surface area contributed by atoms with Crippen LogP contribution in [-0.4, -0.2) is 61.4 Å². The number of hydrogen-bond donors (Lipinski definition) is 6. The van der Waals surface area contributed by atoms with Crippen LogP contribution in [0.4, 0.5) is 0 Å². The van der Waals surface area contributed by atoms with Crippen LogP contribution in [0.5, 0.6) is 17.2 Å². The molecule has 0 saturated heterocycles. The van der Waals surface area contributed by atoms with E-state index >= 15 is 0 Å². The van der Waals surface area contributed by atoms with E-state index in [1.807, 2.05) is 0 Å². The Labute approximate surface area is 128 Å². The number of benzene rings is 1. The van der Waals surface area contributed by atoms with Gasteiger partial charge in [-0.1, -0.05) is 0 Å². The summed E-state index contributed by atoms with van der Waals surface area (Å²) in [5.74, 6) is -6.75. The number of rotatable bonds is 4. The van der Waals surface area contributed by atoms with Crippen molar-refractivity contribution in [2.24, 2.45) is 0 Å². The molecule has 0 bridgehead atoms. The lowest BCUT2D eigenvalue weighted by molar-refractivity contribution is -0.147. The lowest BCUT2D eigenvalue weighted by Gasteiger charge is -2.17. The number of phenols is 3. The van der Waals surface area contributed by atoms with E-state index in [0.717, 1.165) is 12.1 Å². The number of carbonyl (C=O) groups excluding carboxylic acids is 2. The zero-order valence-electron chi connectivity index (χ0n) is 11.3. The predicted octanol–water partition coefficient (Wildman–Crippen LogP) is -0.992. The highest BCUT2D eigenvalue weighted by Crippen LogP contribution is 2.36. The Morgan fingerprint density at radius 2 is 1.78 bits per heavy atom. The number of esters is 2. The highest BCUT2D eigenvalue weighted by atomic mass is 16.6. The van der Waals surface area contributed by atoms with Crippen LogP contribution in [0, 0.1) is 0 Å². The van der Waals surface area contributed by atoms with Gasteiger partial charge in [0.25, 0.3) is 0 Å². The minimum atomic E-state index is -1.65. The summed E-state index contributed by atoms with van der Waals surface area (Å²) >= 11 is 0. The van der Waals surface area contributed by atoms with Gasteiger partial charge in [0.2, 0.25) is 11.5 Å². The summed E-state index contributed by atoms with van der Waals surface area (Å²) < 4.78 is 9.29. The molecule has 10 nitrogen and oxygen atoms in total. The molecule has 1 heterocycles. The van der Waals surface area contributed by atoms with E-state index < -0.39 is 65.1 Å². The normalized spacial score (nSPS) is 18.7. The average molecular weight is 328 g/mol. The van der Waals surface area contributed by atoms with E-state index in [9.17, 15) is 35.1 Å². The lowest BCUT2D eigenvalue weighted by atomic mass is 10.1. The third-order valence-electron chi connectivity index (χ3n) is 2.96. The molecule has 6 N–H and O–H groups in total. The fourth-order valence-corrected chi connectivity index (χ4v) is 1.80. The molecule has 0 unspecified atom stereocenters. The number of aliphatic hydroxyl groups excluding tert-OH is 3. The van der Waals surface area contributed by atoms with Crippen molar-refractivity contribution in [3.63, 3.8) is 0 Å². The molecule has 1 aromatic rings. The van der Waals surface area contributed by atoms with E-state index in [1.54, 1.807) is 0 Å². The van der Waals surface area contributed by atoms with E-state index in [1.165, 1.54) is 0 Å². The molecular weight excluding hydrogens is 316 g/mol. The topological polar surface area (TPSA) is 174 Å². The van der Waals surface area contributed by atoms with Crippen molar-refractivity contribution in [1.82, 2.24) is 0 Å². The molecule has 2 atom stereocenters. The van der Waals surface area contributed by atoms with Crippen molar-refractivity contribution < 1.29 is 49.7 Å². The number of hydrogen-bond acceptors (Lipinski definition) is 10. The van der Waals surface area contributed by atoms with Gasteiger partial charge in [0.15, 0.2) is 23.4 Å². The highest BCUT2D eigenvalue weighted by Gasteiger charge is 2.42. The molecule has 0 aliphatic carbocycles. The smallest absolute Gasteiger partial charge is 0.378 e. The van der Waals surface area contributed by atoms with Crippen LogP contribution in [-0.2, 0) is 14.3 Å². The van der Waals surface area contributed by atoms with Gasteiger partial charge in [-0.3, -0.25) is 0 Å². The second-order valence-corrected chi connectivity index (χ2v) is 4.54. The summed E-state index contributed by atoms with van der Waals surface area (Å²) in [5, 5.41) is 55.7. The van der Waals surface area contributed by atoms with Gasteiger partial charge in [-0.05, 0) is 12.1 Å². The summed E-state index contributed by atoms with van der Waals surface area (Å²) in [6.45, 7) is -0.840. The molecule has 1 aliphatic rings. The maximum Gasteiger partial charge on any atom is 0.378 e. The first-order valence-electron chi connectivity index (χ1n) is 6.16. The zero-order valence-corrected chi connectivity index (χ0v) is 11.3. The second kappa shape index (κ2) is 6.02. The van der Waals surface area contributed by atoms with Gasteiger partial charge in [-0.25, -0.2) is 9.59 Å². The molecule has 1 aliphatic heterocycles. The molecule has 1 aromatic carbocycles. The number of aliphatic hydroxyl groups is 3. The summed E-state index contributed by atoms with van der Waals surface area (Å²) in [6.07, 6.45) is -3.25. The SMILES string of the molecule is O=C1O[C@H]([C@@H](O)CO)C(OC(=O)c2cc(O)c(O)c(O)c2)=C1O. The molecule has 0 amide bonds. The molecular formula is C13H12O10. The molecule has 2 rings (SSSR count). The standard InChI is InChI=1S/C13H12O10/c14-3-7(17)10-11(9(19)13(21)22-10)23-12(20)4-1-5(15)8(18)6(16)2-4/h1-2,7,10,14-19H,3H2/t7-,10+/m0/s1. The minimum absolute atomic E-state index is 0.422. The maximum atomic E-state index is 11.9. The van der Waals surface area contributed by atoms with Crippen LogP contribution in [0.2, 0.25) is 0 Å². The highest BCUT2D eigenvalue weighted by molar-refractivity contribution is 5.94. The molecule has 0 saturated carbocycles. The van der Waals surface area contributed by atoms with E-state index in [-0.39, 0.29) is 0 Å². The van der Waals surface area contributed by atoms with Gasteiger partial charge in [-0.2, -0.15) is 0 Å². The lowest BCUT2D eigenvalue weighted by Crippen LogP contribution is -2.33.